The lowest BCUT2D eigenvalue weighted by Gasteiger charge is -2.52. The number of rotatable bonds is 2. The smallest absolute Gasteiger partial charge is 0.404 e. The maximum atomic E-state index is 12.4. The third kappa shape index (κ3) is 3.91. The van der Waals surface area contributed by atoms with Crippen LogP contribution in [0.2, 0.25) is 5.02 Å². The van der Waals surface area contributed by atoms with Crippen molar-refractivity contribution >= 4 is 17.3 Å². The van der Waals surface area contributed by atoms with E-state index in [9.17, 15) is 13.2 Å². The summed E-state index contributed by atoms with van der Waals surface area (Å²) in [7, 11) is 0. The number of hydrogen-bond donors (Lipinski definition) is 1. The Balaban J connectivity index is 1.87. The summed E-state index contributed by atoms with van der Waals surface area (Å²) in [6.07, 6.45) is -0.170. The zero-order chi connectivity index (χ0) is 17.5. The number of piperazine rings is 1. The number of halogens is 4. The van der Waals surface area contributed by atoms with Gasteiger partial charge in [-0.15, -0.1) is 13.2 Å². The van der Waals surface area contributed by atoms with Gasteiger partial charge in [0.25, 0.3) is 0 Å². The van der Waals surface area contributed by atoms with E-state index >= 15 is 0 Å². The second kappa shape index (κ2) is 6.30. The molecule has 1 heterocycles. The SMILES string of the molecule is CC1(C)CN(c2ccc(OC(F)(F)F)c(Cl)c2)[C@@H]2CCCC[C@H]2N1. The Labute approximate surface area is 145 Å². The number of nitrogens with one attached hydrogen (secondary N) is 1. The molecule has 0 radical (unpaired) electrons. The number of ether oxygens (including phenoxy) is 1. The number of benzene rings is 1. The molecule has 1 saturated carbocycles. The first-order valence-electron chi connectivity index (χ1n) is 8.24. The average molecular weight is 363 g/mol. The molecule has 1 aliphatic heterocycles. The molecule has 1 aromatic rings. The van der Waals surface area contributed by atoms with Crippen LogP contribution in [0.5, 0.6) is 5.75 Å². The standard InChI is InChI=1S/C17H22ClF3N2O/c1-16(2)10-23(14-6-4-3-5-13(14)22-16)11-7-8-15(12(18)9-11)24-17(19,20)21/h7-9,13-14,22H,3-6,10H2,1-2H3/t13-,14-/m1/s1. The molecule has 134 valence electrons. The van der Waals surface area contributed by atoms with Crippen LogP contribution in [0.15, 0.2) is 18.2 Å². The molecule has 1 aliphatic carbocycles. The molecule has 3 nitrogen and oxygen atoms in total. The number of anilines is 1. The maximum absolute atomic E-state index is 12.4. The summed E-state index contributed by atoms with van der Waals surface area (Å²) in [5, 5.41) is 3.68. The third-order valence-corrected chi connectivity index (χ3v) is 5.04. The Kier molecular flexibility index (Phi) is 4.64. The molecule has 1 N–H and O–H groups in total. The van der Waals surface area contributed by atoms with Crippen LogP contribution in [0, 0.1) is 0 Å². The molecule has 3 rings (SSSR count). The number of fused-ring (bicyclic) bond motifs is 1. The van der Waals surface area contributed by atoms with Gasteiger partial charge in [-0.3, -0.25) is 0 Å². The van der Waals surface area contributed by atoms with Gasteiger partial charge >= 0.3 is 6.36 Å². The van der Waals surface area contributed by atoms with Crippen LogP contribution in [0.25, 0.3) is 0 Å². The molecular weight excluding hydrogens is 341 g/mol. The highest BCUT2D eigenvalue weighted by Gasteiger charge is 2.40. The Morgan fingerprint density at radius 2 is 1.96 bits per heavy atom. The molecule has 0 spiro atoms. The van der Waals surface area contributed by atoms with Crippen LogP contribution in [0.1, 0.15) is 39.5 Å². The summed E-state index contributed by atoms with van der Waals surface area (Å²) >= 11 is 6.03. The molecule has 0 bridgehead atoms. The van der Waals surface area contributed by atoms with Crippen molar-refractivity contribution in [2.45, 2.75) is 63.5 Å². The second-order valence-electron chi connectivity index (χ2n) is 7.28. The van der Waals surface area contributed by atoms with Gasteiger partial charge in [-0.05, 0) is 44.9 Å². The molecule has 7 heteroatoms. The quantitative estimate of drug-likeness (QED) is 0.822. The van der Waals surface area contributed by atoms with Gasteiger partial charge < -0.3 is 15.0 Å². The van der Waals surface area contributed by atoms with Gasteiger partial charge in [0.15, 0.2) is 0 Å². The first-order valence-corrected chi connectivity index (χ1v) is 8.62. The Bertz CT molecular complexity index is 606. The molecule has 0 unspecified atom stereocenters. The molecular formula is C17H22ClF3N2O. The fourth-order valence-corrected chi connectivity index (χ4v) is 4.12. The van der Waals surface area contributed by atoms with Crippen molar-refractivity contribution in [3.8, 4) is 5.75 Å². The van der Waals surface area contributed by atoms with Crippen molar-refractivity contribution in [1.82, 2.24) is 5.32 Å². The van der Waals surface area contributed by atoms with Crippen LogP contribution >= 0.6 is 11.6 Å². The Hall–Kier alpha value is -1.14. The van der Waals surface area contributed by atoms with Gasteiger partial charge in [-0.2, -0.15) is 0 Å². The lowest BCUT2D eigenvalue weighted by Crippen LogP contribution is -2.67. The molecule has 24 heavy (non-hydrogen) atoms. The van der Waals surface area contributed by atoms with Gasteiger partial charge in [-0.1, -0.05) is 24.4 Å². The van der Waals surface area contributed by atoms with E-state index in [-0.39, 0.29) is 16.3 Å². The zero-order valence-corrected chi connectivity index (χ0v) is 14.5. The first kappa shape index (κ1) is 17.7. The van der Waals surface area contributed by atoms with E-state index in [0.717, 1.165) is 25.1 Å². The van der Waals surface area contributed by atoms with Crippen LogP contribution in [0.3, 0.4) is 0 Å². The molecule has 2 atom stereocenters. The summed E-state index contributed by atoms with van der Waals surface area (Å²) in [4.78, 5) is 2.28. The molecule has 1 saturated heterocycles. The molecule has 2 fully saturated rings. The monoisotopic (exact) mass is 362 g/mol. The number of hydrogen-bond acceptors (Lipinski definition) is 3. The second-order valence-corrected chi connectivity index (χ2v) is 7.68. The Morgan fingerprint density at radius 3 is 2.62 bits per heavy atom. The minimum Gasteiger partial charge on any atom is -0.404 e. The van der Waals surface area contributed by atoms with Crippen molar-refractivity contribution in [2.75, 3.05) is 11.4 Å². The van der Waals surface area contributed by atoms with Crippen molar-refractivity contribution in [3.05, 3.63) is 23.2 Å². The van der Waals surface area contributed by atoms with Crippen LogP contribution in [0.4, 0.5) is 18.9 Å². The number of nitrogens with zero attached hydrogens (tertiary/aromatic N) is 1. The molecule has 0 amide bonds. The van der Waals surface area contributed by atoms with Crippen LogP contribution in [-0.4, -0.2) is 30.5 Å². The van der Waals surface area contributed by atoms with Crippen molar-refractivity contribution in [1.29, 1.82) is 0 Å². The maximum Gasteiger partial charge on any atom is 0.573 e. The average Bonchev–Trinajstić information content (AvgIpc) is 2.46. The minimum absolute atomic E-state index is 0.0199. The Morgan fingerprint density at radius 1 is 1.25 bits per heavy atom. The van der Waals surface area contributed by atoms with Crippen molar-refractivity contribution < 1.29 is 17.9 Å². The third-order valence-electron chi connectivity index (χ3n) is 4.74. The van der Waals surface area contributed by atoms with Gasteiger partial charge in [0.2, 0.25) is 0 Å². The summed E-state index contributed by atoms with van der Waals surface area (Å²) in [5.41, 5.74) is 0.785. The van der Waals surface area contributed by atoms with Crippen LogP contribution < -0.4 is 15.0 Å². The van der Waals surface area contributed by atoms with E-state index in [0.29, 0.717) is 12.1 Å². The highest BCUT2D eigenvalue weighted by molar-refractivity contribution is 6.32. The first-order chi connectivity index (χ1) is 11.1. The largest absolute Gasteiger partial charge is 0.573 e. The normalized spacial score (nSPS) is 26.8. The van der Waals surface area contributed by atoms with E-state index in [1.54, 1.807) is 12.1 Å². The van der Waals surface area contributed by atoms with Gasteiger partial charge in [0.1, 0.15) is 5.75 Å². The topological polar surface area (TPSA) is 24.5 Å². The molecule has 2 aliphatic rings. The summed E-state index contributed by atoms with van der Waals surface area (Å²) < 4.78 is 41.2. The van der Waals surface area contributed by atoms with Gasteiger partial charge in [-0.25, -0.2) is 0 Å². The molecule has 1 aromatic carbocycles. The van der Waals surface area contributed by atoms with E-state index in [1.165, 1.54) is 18.9 Å². The van der Waals surface area contributed by atoms with E-state index in [2.05, 4.69) is 28.8 Å². The molecule has 0 aromatic heterocycles. The lowest BCUT2D eigenvalue weighted by atomic mass is 9.83. The van der Waals surface area contributed by atoms with E-state index < -0.39 is 6.36 Å². The summed E-state index contributed by atoms with van der Waals surface area (Å²) in [6, 6.07) is 5.29. The zero-order valence-electron chi connectivity index (χ0n) is 13.8. The van der Waals surface area contributed by atoms with Gasteiger partial charge in [0, 0.05) is 29.9 Å². The number of alkyl halides is 3. The summed E-state index contributed by atoms with van der Waals surface area (Å²) in [6.45, 7) is 5.07. The predicted molar refractivity (Wildman–Crippen MR) is 88.7 cm³/mol. The highest BCUT2D eigenvalue weighted by atomic mass is 35.5. The van der Waals surface area contributed by atoms with Gasteiger partial charge in [0.05, 0.1) is 5.02 Å². The van der Waals surface area contributed by atoms with Crippen LogP contribution in [-0.2, 0) is 0 Å². The lowest BCUT2D eigenvalue weighted by molar-refractivity contribution is -0.274. The fourth-order valence-electron chi connectivity index (χ4n) is 3.90. The minimum atomic E-state index is -4.74. The van der Waals surface area contributed by atoms with E-state index in [1.807, 2.05) is 0 Å². The summed E-state index contributed by atoms with van der Waals surface area (Å²) in [5.74, 6) is -0.359. The highest BCUT2D eigenvalue weighted by Crippen LogP contribution is 2.38. The van der Waals surface area contributed by atoms with E-state index in [4.69, 9.17) is 11.6 Å². The predicted octanol–water partition coefficient (Wildman–Crippen LogP) is 4.74. The van der Waals surface area contributed by atoms with Crippen molar-refractivity contribution in [3.63, 3.8) is 0 Å². The van der Waals surface area contributed by atoms with Crippen molar-refractivity contribution in [2.24, 2.45) is 0 Å². The fraction of sp³-hybridized carbons (Fsp3) is 0.647.